The Balaban J connectivity index is 0.000000296. The summed E-state index contributed by atoms with van der Waals surface area (Å²) < 4.78 is 0. The van der Waals surface area contributed by atoms with Crippen LogP contribution >= 0.6 is 0 Å². The molecule has 262 valence electrons. The third-order valence-corrected chi connectivity index (χ3v) is 12.8. The van der Waals surface area contributed by atoms with Crippen LogP contribution in [0.5, 0.6) is 0 Å². The average molecular weight is 667 g/mol. The average Bonchev–Trinajstić information content (AvgIpc) is 3.38. The lowest BCUT2D eigenvalue weighted by molar-refractivity contribution is -0.170. The quantitative estimate of drug-likeness (QED) is 0.230. The third kappa shape index (κ3) is 6.81. The molecule has 1 saturated heterocycles. The number of carboxylic acids is 4. The van der Waals surface area contributed by atoms with E-state index in [-0.39, 0.29) is 11.3 Å². The maximum Gasteiger partial charge on any atom is 0.336 e. The Bertz CT molecular complexity index is 1460. The number of pyridine rings is 1. The zero-order chi connectivity index (χ0) is 35.0. The molecule has 48 heavy (non-hydrogen) atoms. The fraction of sp³-hybridized carbons (Fsp3) is 0.649. The molecule has 1 aliphatic heterocycles. The van der Waals surface area contributed by atoms with Gasteiger partial charge in [0.05, 0.1) is 18.8 Å². The molecule has 11 heteroatoms. The van der Waals surface area contributed by atoms with Crippen LogP contribution in [0.25, 0.3) is 5.57 Å². The molecular formula is C37H50N2O9. The van der Waals surface area contributed by atoms with Crippen LogP contribution in [-0.2, 0) is 19.2 Å². The molecule has 2 heterocycles. The van der Waals surface area contributed by atoms with E-state index >= 15 is 0 Å². The van der Waals surface area contributed by atoms with Gasteiger partial charge in [-0.15, -0.1) is 0 Å². The fourth-order valence-electron chi connectivity index (χ4n) is 10.2. The van der Waals surface area contributed by atoms with E-state index in [1.54, 1.807) is 11.1 Å². The molecule has 5 N–H and O–H groups in total. The Kier molecular flexibility index (Phi) is 10.2. The first-order valence-corrected chi connectivity index (χ1v) is 17.2. The van der Waals surface area contributed by atoms with Crippen molar-refractivity contribution in [3.8, 4) is 0 Å². The Hall–Kier alpha value is -3.57. The van der Waals surface area contributed by atoms with Gasteiger partial charge in [0.2, 0.25) is 0 Å². The van der Waals surface area contributed by atoms with Crippen molar-refractivity contribution in [2.45, 2.75) is 96.1 Å². The van der Waals surface area contributed by atoms with Gasteiger partial charge < -0.3 is 30.4 Å². The van der Waals surface area contributed by atoms with E-state index in [0.717, 1.165) is 37.1 Å². The molecule has 4 aliphatic carbocycles. The number of nitrogens with zero attached hydrogens (tertiary/aromatic N) is 2. The molecule has 0 aromatic carbocycles. The summed E-state index contributed by atoms with van der Waals surface area (Å²) in [6.07, 6.45) is 17.3. The highest BCUT2D eigenvalue weighted by molar-refractivity contribution is 5.88. The molecule has 1 aromatic heterocycles. The SMILES string of the molecule is CN1CCC(C(=O)O)CC1[C@H]1CC[C@@]2(C)C(=CC[C@@H]3[C@@H]2CC[C@]2(C)C(c4cccnc4)=CC[C@@H]32)C1.O=C(O)CC(O)(CC(=O)O)C(=O)O. The van der Waals surface area contributed by atoms with Gasteiger partial charge >= 0.3 is 23.9 Å². The Labute approximate surface area is 281 Å². The van der Waals surface area contributed by atoms with E-state index in [1.165, 1.54) is 50.5 Å². The molecule has 8 atom stereocenters. The number of aromatic nitrogens is 1. The summed E-state index contributed by atoms with van der Waals surface area (Å²) in [6.45, 7) is 6.05. The van der Waals surface area contributed by atoms with E-state index in [1.807, 2.05) is 6.20 Å². The lowest BCUT2D eigenvalue weighted by Crippen LogP contribution is -2.52. The van der Waals surface area contributed by atoms with Crippen molar-refractivity contribution in [3.63, 3.8) is 0 Å². The van der Waals surface area contributed by atoms with Gasteiger partial charge in [-0.25, -0.2) is 4.79 Å². The number of likely N-dealkylation sites (tertiary alicyclic amines) is 1. The summed E-state index contributed by atoms with van der Waals surface area (Å²) in [6, 6.07) is 4.75. The molecule has 3 fully saturated rings. The molecule has 0 radical (unpaired) electrons. The van der Waals surface area contributed by atoms with Gasteiger partial charge in [-0.1, -0.05) is 37.6 Å². The van der Waals surface area contributed by atoms with E-state index in [4.69, 9.17) is 20.4 Å². The number of aliphatic carboxylic acids is 4. The van der Waals surface area contributed by atoms with Gasteiger partial charge in [0, 0.05) is 18.4 Å². The second kappa shape index (κ2) is 13.7. The molecule has 11 nitrogen and oxygen atoms in total. The van der Waals surface area contributed by atoms with E-state index in [9.17, 15) is 24.3 Å². The lowest BCUT2D eigenvalue weighted by atomic mass is 9.46. The molecule has 6 rings (SSSR count). The molecule has 0 bridgehead atoms. The smallest absolute Gasteiger partial charge is 0.336 e. The molecule has 0 spiro atoms. The molecule has 2 unspecified atom stereocenters. The maximum atomic E-state index is 11.7. The number of fused-ring (bicyclic) bond motifs is 5. The number of allylic oxidation sites excluding steroid dienone is 4. The van der Waals surface area contributed by atoms with Gasteiger partial charge in [0.25, 0.3) is 0 Å². The van der Waals surface area contributed by atoms with Crippen molar-refractivity contribution < 1.29 is 44.7 Å². The standard InChI is InChI=1S/C31H42N2O2.C6H8O7/c1-30-13-10-20(28-18-21(29(34)35)12-16-33(28)3)17-23(30)6-7-24-26-9-8-25(22-5-4-15-32-19-22)31(26,2)14-11-27(24)30;7-3(8)1-6(13,5(11)12)2-4(9)10/h4-6,8,15,19-21,24,26-28H,7,9-14,16-18H2,1-3H3,(H,34,35);13H,1-2H2,(H,7,8)(H,9,10)(H,11,12)/t20-,21?,24-,26-,27-,28?,30-,31+;/m0./s1. The van der Waals surface area contributed by atoms with E-state index in [0.29, 0.717) is 17.4 Å². The predicted octanol–water partition coefficient (Wildman–Crippen LogP) is 5.20. The zero-order valence-corrected chi connectivity index (χ0v) is 28.2. The summed E-state index contributed by atoms with van der Waals surface area (Å²) in [5, 5.41) is 43.5. The van der Waals surface area contributed by atoms with Gasteiger partial charge in [-0.3, -0.25) is 19.4 Å². The van der Waals surface area contributed by atoms with Crippen LogP contribution in [0.1, 0.15) is 90.0 Å². The first-order valence-electron chi connectivity index (χ1n) is 17.2. The number of hydrogen-bond donors (Lipinski definition) is 5. The van der Waals surface area contributed by atoms with Crippen LogP contribution < -0.4 is 0 Å². The maximum absolute atomic E-state index is 11.7. The van der Waals surface area contributed by atoms with Gasteiger partial charge in [-0.05, 0) is 123 Å². The Morgan fingerprint density at radius 3 is 2.23 bits per heavy atom. The summed E-state index contributed by atoms with van der Waals surface area (Å²) >= 11 is 0. The first-order chi connectivity index (χ1) is 22.6. The number of hydrogen-bond acceptors (Lipinski definition) is 7. The third-order valence-electron chi connectivity index (χ3n) is 12.8. The van der Waals surface area contributed by atoms with E-state index < -0.39 is 42.3 Å². The van der Waals surface area contributed by atoms with Crippen LogP contribution in [-0.4, -0.2) is 84.5 Å². The minimum atomic E-state index is -2.74. The van der Waals surface area contributed by atoms with Gasteiger partial charge in [0.15, 0.2) is 5.60 Å². The molecule has 1 aromatic rings. The predicted molar refractivity (Wildman–Crippen MR) is 177 cm³/mol. The summed E-state index contributed by atoms with van der Waals surface area (Å²) in [4.78, 5) is 49.1. The Morgan fingerprint density at radius 1 is 0.938 bits per heavy atom. The van der Waals surface area contributed by atoms with Crippen LogP contribution in [0.4, 0.5) is 0 Å². The van der Waals surface area contributed by atoms with Crippen molar-refractivity contribution in [1.29, 1.82) is 0 Å². The second-order valence-corrected chi connectivity index (χ2v) is 15.4. The van der Waals surface area contributed by atoms with Crippen molar-refractivity contribution >= 4 is 29.5 Å². The fourth-order valence-corrected chi connectivity index (χ4v) is 10.2. The van der Waals surface area contributed by atoms with Crippen molar-refractivity contribution in [1.82, 2.24) is 9.88 Å². The monoisotopic (exact) mass is 666 g/mol. The summed E-state index contributed by atoms with van der Waals surface area (Å²) in [5.41, 5.74) is 2.45. The topological polar surface area (TPSA) is 186 Å². The van der Waals surface area contributed by atoms with Crippen LogP contribution in [0, 0.1) is 40.4 Å². The van der Waals surface area contributed by atoms with Crippen molar-refractivity contribution in [3.05, 3.63) is 47.8 Å². The van der Waals surface area contributed by atoms with Crippen LogP contribution in [0.15, 0.2) is 42.3 Å². The number of carboxylic acid groups (broad SMARTS) is 4. The number of aliphatic hydroxyl groups is 1. The zero-order valence-electron chi connectivity index (χ0n) is 28.2. The van der Waals surface area contributed by atoms with Crippen LogP contribution in [0.3, 0.4) is 0 Å². The van der Waals surface area contributed by atoms with Crippen molar-refractivity contribution in [2.24, 2.45) is 40.4 Å². The molecule has 5 aliphatic rings. The highest BCUT2D eigenvalue weighted by Crippen LogP contribution is 2.66. The summed E-state index contributed by atoms with van der Waals surface area (Å²) in [5.74, 6) is -2.85. The largest absolute Gasteiger partial charge is 0.481 e. The van der Waals surface area contributed by atoms with Crippen molar-refractivity contribution in [2.75, 3.05) is 13.6 Å². The number of rotatable bonds is 8. The van der Waals surface area contributed by atoms with Gasteiger partial charge in [0.1, 0.15) is 0 Å². The number of carbonyl (C=O) groups is 4. The van der Waals surface area contributed by atoms with Gasteiger partial charge in [-0.2, -0.15) is 0 Å². The lowest BCUT2D eigenvalue weighted by Gasteiger charge is -2.58. The number of piperidine rings is 1. The first kappa shape index (κ1) is 35.7. The van der Waals surface area contributed by atoms with Crippen LogP contribution in [0.2, 0.25) is 0 Å². The molecular weight excluding hydrogens is 616 g/mol. The highest BCUT2D eigenvalue weighted by atomic mass is 16.4. The molecule has 0 amide bonds. The second-order valence-electron chi connectivity index (χ2n) is 15.4. The van der Waals surface area contributed by atoms with E-state index in [2.05, 4.69) is 61.3 Å². The minimum Gasteiger partial charge on any atom is -0.481 e. The Morgan fingerprint density at radius 2 is 1.62 bits per heavy atom. The minimum absolute atomic E-state index is 0.158. The summed E-state index contributed by atoms with van der Waals surface area (Å²) in [7, 11) is 2.22. The molecule has 2 saturated carbocycles. The highest BCUT2D eigenvalue weighted by Gasteiger charge is 2.57. The normalized spacial score (nSPS) is 34.6.